The molecular formula is C21H27ClN2O3. The van der Waals surface area contributed by atoms with Gasteiger partial charge in [0, 0.05) is 13.1 Å². The number of hydrogen-bond donors (Lipinski definition) is 2. The van der Waals surface area contributed by atoms with Crippen LogP contribution in [0.5, 0.6) is 5.75 Å². The third-order valence-corrected chi connectivity index (χ3v) is 4.55. The Labute approximate surface area is 166 Å². The van der Waals surface area contributed by atoms with Crippen molar-refractivity contribution in [2.24, 2.45) is 5.73 Å². The largest absolute Gasteiger partial charge is 0.489 e. The molecule has 2 atom stereocenters. The molecule has 6 heteroatoms. The van der Waals surface area contributed by atoms with Gasteiger partial charge >= 0.3 is 0 Å². The first-order valence-electron chi connectivity index (χ1n) is 9.13. The fourth-order valence-corrected chi connectivity index (χ4v) is 3.01. The van der Waals surface area contributed by atoms with Crippen LogP contribution >= 0.6 is 12.4 Å². The smallest absolute Gasteiger partial charge is 0.249 e. The fraction of sp³-hybridized carbons (Fsp3) is 0.381. The van der Waals surface area contributed by atoms with Crippen LogP contribution in [0, 0.1) is 0 Å². The average molecular weight is 391 g/mol. The molecule has 5 nitrogen and oxygen atoms in total. The van der Waals surface area contributed by atoms with E-state index in [4.69, 9.17) is 15.2 Å². The summed E-state index contributed by atoms with van der Waals surface area (Å²) in [6.07, 6.45) is 2.06. The van der Waals surface area contributed by atoms with E-state index in [1.165, 1.54) is 0 Å². The molecule has 0 radical (unpaired) electrons. The lowest BCUT2D eigenvalue weighted by atomic mass is 10.1. The van der Waals surface area contributed by atoms with Crippen molar-refractivity contribution in [3.63, 3.8) is 0 Å². The quantitative estimate of drug-likeness (QED) is 0.726. The maximum atomic E-state index is 12.1. The molecule has 1 saturated heterocycles. The summed E-state index contributed by atoms with van der Waals surface area (Å²) in [6, 6.07) is 18.1. The van der Waals surface area contributed by atoms with Gasteiger partial charge in [-0.25, -0.2) is 0 Å². The van der Waals surface area contributed by atoms with E-state index in [0.717, 1.165) is 36.1 Å². The van der Waals surface area contributed by atoms with Crippen LogP contribution in [-0.4, -0.2) is 31.2 Å². The van der Waals surface area contributed by atoms with Crippen LogP contribution < -0.4 is 15.8 Å². The zero-order chi connectivity index (χ0) is 18.2. The van der Waals surface area contributed by atoms with Crippen LogP contribution in [0.3, 0.4) is 0 Å². The number of amides is 1. The molecule has 0 aromatic heterocycles. The van der Waals surface area contributed by atoms with Crippen LogP contribution in [-0.2, 0) is 22.6 Å². The van der Waals surface area contributed by atoms with Crippen LogP contribution in [0.2, 0.25) is 0 Å². The zero-order valence-electron chi connectivity index (χ0n) is 15.3. The summed E-state index contributed by atoms with van der Waals surface area (Å²) in [7, 11) is 0. The highest BCUT2D eigenvalue weighted by Crippen LogP contribution is 2.19. The topological polar surface area (TPSA) is 73.6 Å². The summed E-state index contributed by atoms with van der Waals surface area (Å²) in [5.41, 5.74) is 7.87. The molecule has 3 N–H and O–H groups in total. The SMILES string of the molecule is Cl.NC[C@H]1CC[C@@H](C(=O)NCCc2ccc(OCc3ccccc3)cc2)O1. The highest BCUT2D eigenvalue weighted by molar-refractivity contribution is 5.85. The fourth-order valence-electron chi connectivity index (χ4n) is 3.01. The Morgan fingerprint density at radius 3 is 2.48 bits per heavy atom. The van der Waals surface area contributed by atoms with Gasteiger partial charge in [0.2, 0.25) is 5.91 Å². The summed E-state index contributed by atoms with van der Waals surface area (Å²) in [5.74, 6) is 0.803. The van der Waals surface area contributed by atoms with Crippen LogP contribution in [0.1, 0.15) is 24.0 Å². The minimum absolute atomic E-state index is 0. The van der Waals surface area contributed by atoms with Crippen molar-refractivity contribution >= 4 is 18.3 Å². The van der Waals surface area contributed by atoms with E-state index < -0.39 is 0 Å². The lowest BCUT2D eigenvalue weighted by Crippen LogP contribution is -2.36. The van der Waals surface area contributed by atoms with Crippen molar-refractivity contribution in [2.45, 2.75) is 38.1 Å². The van der Waals surface area contributed by atoms with E-state index in [1.54, 1.807) is 0 Å². The number of carbonyl (C=O) groups excluding carboxylic acids is 1. The lowest BCUT2D eigenvalue weighted by Gasteiger charge is -2.13. The molecule has 0 bridgehead atoms. The van der Waals surface area contributed by atoms with Crippen molar-refractivity contribution in [1.29, 1.82) is 0 Å². The first kappa shape index (κ1) is 21.2. The van der Waals surface area contributed by atoms with Crippen LogP contribution in [0.4, 0.5) is 0 Å². The Hall–Kier alpha value is -2.08. The number of ether oxygens (including phenoxy) is 2. The molecule has 146 valence electrons. The Morgan fingerprint density at radius 2 is 1.81 bits per heavy atom. The second-order valence-corrected chi connectivity index (χ2v) is 6.52. The monoisotopic (exact) mass is 390 g/mol. The normalized spacial score (nSPS) is 18.6. The number of carbonyl (C=O) groups is 1. The molecule has 27 heavy (non-hydrogen) atoms. The Bertz CT molecular complexity index is 694. The first-order chi connectivity index (χ1) is 12.7. The van der Waals surface area contributed by atoms with E-state index in [1.807, 2.05) is 54.6 Å². The maximum Gasteiger partial charge on any atom is 0.249 e. The number of benzene rings is 2. The molecule has 1 heterocycles. The van der Waals surface area contributed by atoms with Crippen molar-refractivity contribution in [1.82, 2.24) is 5.32 Å². The molecule has 3 rings (SSSR count). The maximum absolute atomic E-state index is 12.1. The van der Waals surface area contributed by atoms with Gasteiger partial charge in [-0.05, 0) is 42.5 Å². The second-order valence-electron chi connectivity index (χ2n) is 6.52. The second kappa shape index (κ2) is 10.9. The molecule has 1 amide bonds. The summed E-state index contributed by atoms with van der Waals surface area (Å²) in [6.45, 7) is 1.63. The molecule has 0 spiro atoms. The van der Waals surface area contributed by atoms with Crippen molar-refractivity contribution in [2.75, 3.05) is 13.1 Å². The minimum Gasteiger partial charge on any atom is -0.489 e. The molecular weight excluding hydrogens is 364 g/mol. The van der Waals surface area contributed by atoms with Gasteiger partial charge in [0.25, 0.3) is 0 Å². The average Bonchev–Trinajstić information content (AvgIpc) is 3.17. The molecule has 1 aliphatic rings. The van der Waals surface area contributed by atoms with Gasteiger partial charge in [0.05, 0.1) is 6.10 Å². The van der Waals surface area contributed by atoms with Gasteiger partial charge in [-0.15, -0.1) is 12.4 Å². The van der Waals surface area contributed by atoms with E-state index in [0.29, 0.717) is 19.7 Å². The Morgan fingerprint density at radius 1 is 1.07 bits per heavy atom. The van der Waals surface area contributed by atoms with Crippen molar-refractivity contribution in [3.05, 3.63) is 65.7 Å². The number of halogens is 1. The summed E-state index contributed by atoms with van der Waals surface area (Å²) >= 11 is 0. The van der Waals surface area contributed by atoms with Crippen molar-refractivity contribution < 1.29 is 14.3 Å². The highest BCUT2D eigenvalue weighted by Gasteiger charge is 2.29. The molecule has 0 aliphatic carbocycles. The third kappa shape index (κ3) is 6.54. The van der Waals surface area contributed by atoms with E-state index >= 15 is 0 Å². The van der Waals surface area contributed by atoms with Crippen molar-refractivity contribution in [3.8, 4) is 5.75 Å². The van der Waals surface area contributed by atoms with E-state index in [9.17, 15) is 4.79 Å². The number of hydrogen-bond acceptors (Lipinski definition) is 4. The van der Waals surface area contributed by atoms with Gasteiger partial charge in [0.15, 0.2) is 0 Å². The summed E-state index contributed by atoms with van der Waals surface area (Å²) in [4.78, 5) is 12.1. The molecule has 2 aromatic carbocycles. The minimum atomic E-state index is -0.350. The van der Waals surface area contributed by atoms with Gasteiger partial charge in [-0.2, -0.15) is 0 Å². The Kier molecular flexibility index (Phi) is 8.58. The van der Waals surface area contributed by atoms with Crippen LogP contribution in [0.15, 0.2) is 54.6 Å². The molecule has 1 fully saturated rings. The van der Waals surface area contributed by atoms with E-state index in [2.05, 4.69) is 5.32 Å². The molecule has 2 aromatic rings. The van der Waals surface area contributed by atoms with Gasteiger partial charge in [-0.3, -0.25) is 4.79 Å². The number of rotatable bonds is 8. The van der Waals surface area contributed by atoms with Crippen LogP contribution in [0.25, 0.3) is 0 Å². The Balaban J connectivity index is 0.00000261. The predicted octanol–water partition coefficient (Wildman–Crippen LogP) is 2.85. The standard InChI is InChI=1S/C21H26N2O3.ClH/c22-14-19-10-11-20(26-19)21(24)23-13-12-16-6-8-18(9-7-16)25-15-17-4-2-1-3-5-17;/h1-9,19-20H,10-15,22H2,(H,23,24);1H/t19-,20+;/m1./s1. The van der Waals surface area contributed by atoms with Gasteiger partial charge in [0.1, 0.15) is 18.5 Å². The lowest BCUT2D eigenvalue weighted by molar-refractivity contribution is -0.131. The van der Waals surface area contributed by atoms with E-state index in [-0.39, 0.29) is 30.5 Å². The molecule has 0 saturated carbocycles. The third-order valence-electron chi connectivity index (χ3n) is 4.55. The number of nitrogens with one attached hydrogen (secondary N) is 1. The highest BCUT2D eigenvalue weighted by atomic mass is 35.5. The zero-order valence-corrected chi connectivity index (χ0v) is 16.1. The molecule has 0 unspecified atom stereocenters. The van der Waals surface area contributed by atoms with Gasteiger partial charge < -0.3 is 20.5 Å². The summed E-state index contributed by atoms with van der Waals surface area (Å²) in [5, 5.41) is 2.94. The number of nitrogens with two attached hydrogens (primary N) is 1. The van der Waals surface area contributed by atoms with Gasteiger partial charge in [-0.1, -0.05) is 42.5 Å². The molecule has 1 aliphatic heterocycles. The predicted molar refractivity (Wildman–Crippen MR) is 108 cm³/mol. The summed E-state index contributed by atoms with van der Waals surface area (Å²) < 4.78 is 11.4. The first-order valence-corrected chi connectivity index (χ1v) is 9.13.